The molecule has 0 saturated carbocycles. The highest BCUT2D eigenvalue weighted by Gasteiger charge is 2.32. The minimum absolute atomic E-state index is 0.0509. The maximum absolute atomic E-state index is 11.1. The number of hydrogen-bond donors (Lipinski definition) is 0. The molecule has 0 aliphatic carbocycles. The van der Waals surface area contributed by atoms with Crippen LogP contribution in [0.3, 0.4) is 0 Å². The number of likely N-dealkylation sites (tertiary alicyclic amines) is 1. The van der Waals surface area contributed by atoms with E-state index in [0.29, 0.717) is 6.61 Å². The molecular formula is C7H10N2O3. The van der Waals surface area contributed by atoms with E-state index in [-0.39, 0.29) is 23.9 Å². The molecule has 0 unspecified atom stereocenters. The van der Waals surface area contributed by atoms with Crippen LogP contribution in [-0.4, -0.2) is 36.1 Å². The molecule has 0 spiro atoms. The van der Waals surface area contributed by atoms with E-state index in [1.807, 2.05) is 0 Å². The molecule has 5 nitrogen and oxygen atoms in total. The Morgan fingerprint density at radius 3 is 2.67 bits per heavy atom. The van der Waals surface area contributed by atoms with Crippen molar-refractivity contribution >= 4 is 17.5 Å². The molecular weight excluding hydrogens is 160 g/mol. The Bertz CT molecular complexity index is 247. The molecule has 12 heavy (non-hydrogen) atoms. The summed E-state index contributed by atoms with van der Waals surface area (Å²) < 4.78 is 0. The van der Waals surface area contributed by atoms with E-state index in [4.69, 9.17) is 0 Å². The summed E-state index contributed by atoms with van der Waals surface area (Å²) in [6.07, 6.45) is 0.0509. The average Bonchev–Trinajstić information content (AvgIpc) is 2.30. The summed E-state index contributed by atoms with van der Waals surface area (Å²) in [4.78, 5) is 27.8. The number of imide groups is 1. The number of rotatable bonds is 2. The molecule has 1 aliphatic rings. The van der Waals surface area contributed by atoms with Crippen LogP contribution in [0.25, 0.3) is 0 Å². The van der Waals surface area contributed by atoms with Gasteiger partial charge in [-0.1, -0.05) is 5.16 Å². The zero-order chi connectivity index (χ0) is 9.14. The second kappa shape index (κ2) is 3.34. The van der Waals surface area contributed by atoms with Crippen molar-refractivity contribution < 1.29 is 14.4 Å². The quantitative estimate of drug-likeness (QED) is 0.424. The van der Waals surface area contributed by atoms with Crippen LogP contribution in [0, 0.1) is 0 Å². The van der Waals surface area contributed by atoms with Gasteiger partial charge in [0.05, 0.1) is 6.42 Å². The zero-order valence-corrected chi connectivity index (χ0v) is 7.03. The molecule has 0 bridgehead atoms. The van der Waals surface area contributed by atoms with Crippen LogP contribution in [0.15, 0.2) is 5.16 Å². The Balaban J connectivity index is 2.71. The lowest BCUT2D eigenvalue weighted by Crippen LogP contribution is -2.25. The Labute approximate surface area is 70.0 Å². The van der Waals surface area contributed by atoms with Crippen LogP contribution in [0.2, 0.25) is 0 Å². The molecule has 0 N–H and O–H groups in total. The van der Waals surface area contributed by atoms with Gasteiger partial charge >= 0.3 is 0 Å². The summed E-state index contributed by atoms with van der Waals surface area (Å²) >= 11 is 0. The van der Waals surface area contributed by atoms with E-state index < -0.39 is 0 Å². The smallest absolute Gasteiger partial charge is 0.278 e. The first kappa shape index (κ1) is 8.70. The van der Waals surface area contributed by atoms with Crippen molar-refractivity contribution in [2.75, 3.05) is 13.7 Å². The van der Waals surface area contributed by atoms with Crippen LogP contribution in [-0.2, 0) is 14.4 Å². The third kappa shape index (κ3) is 1.44. The highest BCUT2D eigenvalue weighted by atomic mass is 16.6. The van der Waals surface area contributed by atoms with Gasteiger partial charge < -0.3 is 4.84 Å². The van der Waals surface area contributed by atoms with E-state index in [2.05, 4.69) is 9.99 Å². The fraction of sp³-hybridized carbons (Fsp3) is 0.571. The summed E-state index contributed by atoms with van der Waals surface area (Å²) in [5, 5.41) is 3.53. The fourth-order valence-electron chi connectivity index (χ4n) is 0.858. The molecule has 0 aromatic rings. The van der Waals surface area contributed by atoms with Crippen molar-refractivity contribution in [1.29, 1.82) is 0 Å². The number of oxime groups is 1. The third-order valence-electron chi connectivity index (χ3n) is 1.55. The molecule has 0 atom stereocenters. The summed E-state index contributed by atoms with van der Waals surface area (Å²) in [6.45, 7) is 2.16. The lowest BCUT2D eigenvalue weighted by Gasteiger charge is -2.01. The van der Waals surface area contributed by atoms with Gasteiger partial charge in [-0.15, -0.1) is 0 Å². The summed E-state index contributed by atoms with van der Waals surface area (Å²) in [7, 11) is 1.43. The van der Waals surface area contributed by atoms with E-state index in [1.165, 1.54) is 7.05 Å². The Hall–Kier alpha value is -1.39. The van der Waals surface area contributed by atoms with E-state index in [0.717, 1.165) is 4.90 Å². The van der Waals surface area contributed by atoms with Crippen molar-refractivity contribution in [3.8, 4) is 0 Å². The first-order valence-corrected chi connectivity index (χ1v) is 3.66. The lowest BCUT2D eigenvalue weighted by molar-refractivity contribution is -0.135. The predicted molar refractivity (Wildman–Crippen MR) is 41.5 cm³/mol. The molecule has 2 amide bonds. The van der Waals surface area contributed by atoms with Crippen molar-refractivity contribution in [3.63, 3.8) is 0 Å². The molecule has 1 aliphatic heterocycles. The monoisotopic (exact) mass is 170 g/mol. The number of hydrogen-bond acceptors (Lipinski definition) is 4. The van der Waals surface area contributed by atoms with Crippen molar-refractivity contribution in [1.82, 2.24) is 4.90 Å². The number of carbonyl (C=O) groups is 2. The standard InChI is InChI=1S/C7H10N2O3/c1-3-12-8-5-4-6(10)9(2)7(5)11/h3-4H2,1-2H3/b8-5-. The molecule has 0 aromatic heterocycles. The van der Waals surface area contributed by atoms with Crippen LogP contribution in [0.4, 0.5) is 0 Å². The van der Waals surface area contributed by atoms with Crippen molar-refractivity contribution in [3.05, 3.63) is 0 Å². The van der Waals surface area contributed by atoms with Gasteiger partial charge in [0.1, 0.15) is 6.61 Å². The second-order valence-corrected chi connectivity index (χ2v) is 2.39. The average molecular weight is 170 g/mol. The van der Waals surface area contributed by atoms with Gasteiger partial charge in [-0.2, -0.15) is 0 Å². The van der Waals surface area contributed by atoms with Crippen LogP contribution < -0.4 is 0 Å². The molecule has 1 heterocycles. The van der Waals surface area contributed by atoms with E-state index in [9.17, 15) is 9.59 Å². The van der Waals surface area contributed by atoms with Gasteiger partial charge in [0.25, 0.3) is 5.91 Å². The maximum atomic E-state index is 11.1. The summed E-state index contributed by atoms with van der Waals surface area (Å²) in [6, 6.07) is 0. The zero-order valence-electron chi connectivity index (χ0n) is 7.03. The Morgan fingerprint density at radius 1 is 1.58 bits per heavy atom. The van der Waals surface area contributed by atoms with Crippen LogP contribution in [0.5, 0.6) is 0 Å². The summed E-state index contributed by atoms with van der Waals surface area (Å²) in [5.74, 6) is -0.605. The largest absolute Gasteiger partial charge is 0.396 e. The molecule has 0 aromatic carbocycles. The van der Waals surface area contributed by atoms with Gasteiger partial charge in [0, 0.05) is 7.05 Å². The van der Waals surface area contributed by atoms with Crippen molar-refractivity contribution in [2.45, 2.75) is 13.3 Å². The molecule has 1 saturated heterocycles. The minimum atomic E-state index is -0.367. The van der Waals surface area contributed by atoms with Gasteiger partial charge in [-0.3, -0.25) is 14.5 Å². The normalized spacial score (nSPS) is 20.8. The highest BCUT2D eigenvalue weighted by Crippen LogP contribution is 2.07. The van der Waals surface area contributed by atoms with Gasteiger partial charge in [-0.25, -0.2) is 0 Å². The number of nitrogens with zero attached hydrogens (tertiary/aromatic N) is 2. The minimum Gasteiger partial charge on any atom is -0.396 e. The second-order valence-electron chi connectivity index (χ2n) is 2.39. The SMILES string of the molecule is CCO/N=C1/CC(=O)N(C)C1=O. The molecule has 66 valence electrons. The highest BCUT2D eigenvalue weighted by molar-refractivity contribution is 6.48. The van der Waals surface area contributed by atoms with E-state index >= 15 is 0 Å². The first-order valence-electron chi connectivity index (χ1n) is 3.66. The topological polar surface area (TPSA) is 59.0 Å². The maximum Gasteiger partial charge on any atom is 0.278 e. The molecule has 5 heteroatoms. The molecule has 0 radical (unpaired) electrons. The van der Waals surface area contributed by atoms with Gasteiger partial charge in [0.2, 0.25) is 5.91 Å². The predicted octanol–water partition coefficient (Wildman–Crippen LogP) is -0.232. The Kier molecular flexibility index (Phi) is 2.42. The molecule has 1 fully saturated rings. The van der Waals surface area contributed by atoms with E-state index in [1.54, 1.807) is 6.92 Å². The third-order valence-corrected chi connectivity index (χ3v) is 1.55. The van der Waals surface area contributed by atoms with Gasteiger partial charge in [-0.05, 0) is 6.92 Å². The van der Waals surface area contributed by atoms with Crippen molar-refractivity contribution in [2.24, 2.45) is 5.16 Å². The summed E-state index contributed by atoms with van der Waals surface area (Å²) in [5.41, 5.74) is 0.185. The van der Waals surface area contributed by atoms with Gasteiger partial charge in [0.15, 0.2) is 5.71 Å². The first-order chi connectivity index (χ1) is 5.66. The Morgan fingerprint density at radius 2 is 2.25 bits per heavy atom. The lowest BCUT2D eigenvalue weighted by atomic mass is 10.3. The number of amides is 2. The molecule has 1 rings (SSSR count). The number of carbonyl (C=O) groups excluding carboxylic acids is 2. The fourth-order valence-corrected chi connectivity index (χ4v) is 0.858. The van der Waals surface area contributed by atoms with Crippen LogP contribution in [0.1, 0.15) is 13.3 Å². The van der Waals surface area contributed by atoms with Crippen LogP contribution >= 0.6 is 0 Å².